The molecule has 0 radical (unpaired) electrons. The molecule has 1 aliphatic carbocycles. The van der Waals surface area contributed by atoms with Gasteiger partial charge < -0.3 is 4.74 Å². The molecule has 0 N–H and O–H groups in total. The molecule has 0 unspecified atom stereocenters. The van der Waals surface area contributed by atoms with Crippen LogP contribution in [0.2, 0.25) is 0 Å². The smallest absolute Gasteiger partial charge is 0.147 e. The van der Waals surface area contributed by atoms with Crippen LogP contribution in [0.15, 0.2) is 22.4 Å². The van der Waals surface area contributed by atoms with Crippen molar-refractivity contribution < 1.29 is 9.53 Å². The standard InChI is InChI=1S/C9H11ClO2/c1-12-6-8-4-2-3-7(5-11)9(8)10/h5-6H,2-4H2,1H3/b8-6+. The molecule has 66 valence electrons. The predicted molar refractivity (Wildman–Crippen MR) is 47.9 cm³/mol. The summed E-state index contributed by atoms with van der Waals surface area (Å²) in [7, 11) is 1.58. The summed E-state index contributed by atoms with van der Waals surface area (Å²) >= 11 is 5.93. The SMILES string of the molecule is CO/C=C1\CCCC(C=O)=C1Cl. The van der Waals surface area contributed by atoms with Gasteiger partial charge in [0.1, 0.15) is 6.29 Å². The second-order valence-electron chi connectivity index (χ2n) is 2.69. The summed E-state index contributed by atoms with van der Waals surface area (Å²) < 4.78 is 4.85. The molecule has 0 saturated carbocycles. The van der Waals surface area contributed by atoms with Gasteiger partial charge in [0.25, 0.3) is 0 Å². The lowest BCUT2D eigenvalue weighted by molar-refractivity contribution is -0.105. The molecule has 0 aromatic heterocycles. The lowest BCUT2D eigenvalue weighted by Crippen LogP contribution is -2.00. The van der Waals surface area contributed by atoms with Gasteiger partial charge in [0.05, 0.1) is 18.4 Å². The number of carbonyl (C=O) groups excluding carboxylic acids is 1. The fourth-order valence-corrected chi connectivity index (χ4v) is 1.54. The molecule has 0 heterocycles. The van der Waals surface area contributed by atoms with E-state index < -0.39 is 0 Å². The monoisotopic (exact) mass is 186 g/mol. The van der Waals surface area contributed by atoms with E-state index in [1.807, 2.05) is 0 Å². The molecule has 0 bridgehead atoms. The van der Waals surface area contributed by atoms with Crippen molar-refractivity contribution in [3.63, 3.8) is 0 Å². The molecule has 0 aromatic carbocycles. The molecule has 12 heavy (non-hydrogen) atoms. The Morgan fingerprint density at radius 1 is 1.50 bits per heavy atom. The topological polar surface area (TPSA) is 26.3 Å². The van der Waals surface area contributed by atoms with Gasteiger partial charge in [-0.1, -0.05) is 11.6 Å². The Labute approximate surface area is 76.9 Å². The minimum Gasteiger partial charge on any atom is -0.504 e. The second kappa shape index (κ2) is 4.31. The minimum absolute atomic E-state index is 0.568. The molecule has 0 aliphatic heterocycles. The van der Waals surface area contributed by atoms with Crippen LogP contribution in [0.25, 0.3) is 0 Å². The molecule has 3 heteroatoms. The van der Waals surface area contributed by atoms with E-state index in [0.29, 0.717) is 10.6 Å². The molecule has 2 nitrogen and oxygen atoms in total. The van der Waals surface area contributed by atoms with Crippen LogP contribution in [0.3, 0.4) is 0 Å². The van der Waals surface area contributed by atoms with E-state index in [-0.39, 0.29) is 0 Å². The van der Waals surface area contributed by atoms with Crippen LogP contribution in [0.1, 0.15) is 19.3 Å². The summed E-state index contributed by atoms with van der Waals surface area (Å²) in [5.41, 5.74) is 1.61. The Balaban J connectivity index is 2.92. The van der Waals surface area contributed by atoms with Gasteiger partial charge in [0, 0.05) is 11.1 Å². The summed E-state index contributed by atoms with van der Waals surface area (Å²) in [6.45, 7) is 0. The highest BCUT2D eigenvalue weighted by molar-refractivity contribution is 6.33. The number of carbonyl (C=O) groups is 1. The van der Waals surface area contributed by atoms with Crippen molar-refractivity contribution in [3.8, 4) is 0 Å². The molecule has 0 amide bonds. The summed E-state index contributed by atoms with van der Waals surface area (Å²) in [6, 6.07) is 0. The highest BCUT2D eigenvalue weighted by Crippen LogP contribution is 2.31. The summed E-state index contributed by atoms with van der Waals surface area (Å²) in [5, 5.41) is 0.568. The zero-order valence-electron chi connectivity index (χ0n) is 6.97. The van der Waals surface area contributed by atoms with Gasteiger partial charge >= 0.3 is 0 Å². The van der Waals surface area contributed by atoms with Crippen LogP contribution in [0.4, 0.5) is 0 Å². The zero-order chi connectivity index (χ0) is 8.97. The summed E-state index contributed by atoms with van der Waals surface area (Å²) in [6.07, 6.45) is 5.07. The number of aldehydes is 1. The minimum atomic E-state index is 0.568. The molecule has 0 atom stereocenters. The summed E-state index contributed by atoms with van der Waals surface area (Å²) in [4.78, 5) is 10.5. The maximum Gasteiger partial charge on any atom is 0.147 e. The van der Waals surface area contributed by atoms with Crippen LogP contribution in [0, 0.1) is 0 Å². The highest BCUT2D eigenvalue weighted by atomic mass is 35.5. The van der Waals surface area contributed by atoms with E-state index in [4.69, 9.17) is 16.3 Å². The van der Waals surface area contributed by atoms with Gasteiger partial charge in [0.15, 0.2) is 0 Å². The Morgan fingerprint density at radius 2 is 2.25 bits per heavy atom. The molecule has 1 aliphatic rings. The van der Waals surface area contributed by atoms with E-state index in [2.05, 4.69) is 0 Å². The summed E-state index contributed by atoms with van der Waals surface area (Å²) in [5.74, 6) is 0. The van der Waals surface area contributed by atoms with Crippen molar-refractivity contribution in [1.82, 2.24) is 0 Å². The Bertz CT molecular complexity index is 241. The van der Waals surface area contributed by atoms with Crippen molar-refractivity contribution in [2.75, 3.05) is 7.11 Å². The maximum atomic E-state index is 10.5. The van der Waals surface area contributed by atoms with Crippen molar-refractivity contribution in [2.45, 2.75) is 19.3 Å². The van der Waals surface area contributed by atoms with Gasteiger partial charge in [-0.2, -0.15) is 0 Å². The average molecular weight is 187 g/mol. The average Bonchev–Trinajstić information content (AvgIpc) is 2.09. The zero-order valence-corrected chi connectivity index (χ0v) is 7.73. The van der Waals surface area contributed by atoms with Crippen molar-refractivity contribution in [1.29, 1.82) is 0 Å². The fraction of sp³-hybridized carbons (Fsp3) is 0.444. The lowest BCUT2D eigenvalue weighted by Gasteiger charge is -2.14. The van der Waals surface area contributed by atoms with E-state index >= 15 is 0 Å². The highest BCUT2D eigenvalue weighted by Gasteiger charge is 2.15. The first-order chi connectivity index (χ1) is 5.79. The third kappa shape index (κ3) is 1.89. The number of ether oxygens (including phenoxy) is 1. The fourth-order valence-electron chi connectivity index (χ4n) is 1.26. The molecule has 0 fully saturated rings. The van der Waals surface area contributed by atoms with E-state index in [1.54, 1.807) is 13.4 Å². The van der Waals surface area contributed by atoms with Gasteiger partial charge in [-0.25, -0.2) is 0 Å². The number of hydrogen-bond acceptors (Lipinski definition) is 2. The van der Waals surface area contributed by atoms with Gasteiger partial charge in [-0.05, 0) is 19.3 Å². The van der Waals surface area contributed by atoms with E-state index in [0.717, 1.165) is 31.1 Å². The molecule has 1 rings (SSSR count). The van der Waals surface area contributed by atoms with Crippen LogP contribution >= 0.6 is 11.6 Å². The normalized spacial score (nSPS) is 21.3. The van der Waals surface area contributed by atoms with Crippen molar-refractivity contribution in [2.24, 2.45) is 0 Å². The predicted octanol–water partition coefficient (Wildman–Crippen LogP) is 2.39. The first kappa shape index (κ1) is 9.33. The molecular weight excluding hydrogens is 176 g/mol. The van der Waals surface area contributed by atoms with Crippen molar-refractivity contribution >= 4 is 17.9 Å². The van der Waals surface area contributed by atoms with Crippen LogP contribution < -0.4 is 0 Å². The molecular formula is C9H11ClO2. The number of rotatable bonds is 2. The second-order valence-corrected chi connectivity index (χ2v) is 3.07. The van der Waals surface area contributed by atoms with Gasteiger partial charge in [-0.3, -0.25) is 4.79 Å². The number of allylic oxidation sites excluding steroid dienone is 3. The van der Waals surface area contributed by atoms with E-state index in [1.165, 1.54) is 0 Å². The first-order valence-electron chi connectivity index (χ1n) is 3.85. The van der Waals surface area contributed by atoms with Gasteiger partial charge in [0.2, 0.25) is 0 Å². The molecule has 0 spiro atoms. The Hall–Kier alpha value is -0.760. The van der Waals surface area contributed by atoms with Crippen LogP contribution in [0.5, 0.6) is 0 Å². The first-order valence-corrected chi connectivity index (χ1v) is 4.23. The van der Waals surface area contributed by atoms with Crippen molar-refractivity contribution in [3.05, 3.63) is 22.4 Å². The Kier molecular flexibility index (Phi) is 3.35. The van der Waals surface area contributed by atoms with Gasteiger partial charge in [-0.15, -0.1) is 0 Å². The van der Waals surface area contributed by atoms with Crippen LogP contribution in [-0.2, 0) is 9.53 Å². The maximum absolute atomic E-state index is 10.5. The Morgan fingerprint density at radius 3 is 2.83 bits per heavy atom. The third-order valence-corrected chi connectivity index (χ3v) is 2.34. The largest absolute Gasteiger partial charge is 0.504 e. The van der Waals surface area contributed by atoms with Crippen LogP contribution in [-0.4, -0.2) is 13.4 Å². The van der Waals surface area contributed by atoms with E-state index in [9.17, 15) is 4.79 Å². The number of methoxy groups -OCH3 is 1. The molecule has 0 saturated heterocycles. The molecule has 0 aromatic rings. The quantitative estimate of drug-likeness (QED) is 0.489. The lowest BCUT2D eigenvalue weighted by atomic mass is 9.96. The third-order valence-electron chi connectivity index (χ3n) is 1.86. The number of halogens is 1. The number of hydrogen-bond donors (Lipinski definition) is 0.